The predicted octanol–water partition coefficient (Wildman–Crippen LogP) is 2.92. The van der Waals surface area contributed by atoms with Crippen LogP contribution in [0.3, 0.4) is 0 Å². The highest BCUT2D eigenvalue weighted by Crippen LogP contribution is 2.31. The van der Waals surface area contributed by atoms with Gasteiger partial charge in [0.05, 0.1) is 6.61 Å². The number of esters is 1. The zero-order chi connectivity index (χ0) is 13.9. The smallest absolute Gasteiger partial charge is 0.379 e. The van der Waals surface area contributed by atoms with E-state index in [1.807, 2.05) is 6.07 Å². The van der Waals surface area contributed by atoms with Crippen molar-refractivity contribution in [2.45, 2.75) is 32.7 Å². The minimum absolute atomic E-state index is 0. The van der Waals surface area contributed by atoms with Crippen molar-refractivity contribution in [3.8, 4) is 0 Å². The summed E-state index contributed by atoms with van der Waals surface area (Å²) in [5.41, 5.74) is 7.36. The second-order valence-corrected chi connectivity index (χ2v) is 4.24. The lowest BCUT2D eigenvalue weighted by Crippen LogP contribution is -2.41. The van der Waals surface area contributed by atoms with Crippen LogP contribution in [0.4, 0.5) is 8.78 Å². The van der Waals surface area contributed by atoms with Gasteiger partial charge in [0.25, 0.3) is 0 Å². The summed E-state index contributed by atoms with van der Waals surface area (Å²) in [5.74, 6) is -5.31. The highest BCUT2D eigenvalue weighted by molar-refractivity contribution is 5.85. The first-order valence-electron chi connectivity index (χ1n) is 5.67. The predicted molar refractivity (Wildman–Crippen MR) is 71.7 cm³/mol. The topological polar surface area (TPSA) is 52.3 Å². The Morgan fingerprint density at radius 1 is 1.32 bits per heavy atom. The van der Waals surface area contributed by atoms with Crippen LogP contribution in [-0.2, 0) is 9.53 Å². The number of aryl methyl sites for hydroxylation is 2. The molecule has 0 unspecified atom stereocenters. The van der Waals surface area contributed by atoms with E-state index in [1.165, 1.54) is 6.92 Å². The number of ether oxygens (including phenoxy) is 1. The second kappa shape index (κ2) is 6.82. The van der Waals surface area contributed by atoms with Gasteiger partial charge in [-0.25, -0.2) is 4.79 Å². The molecule has 2 N–H and O–H groups in total. The maximum atomic E-state index is 13.7. The van der Waals surface area contributed by atoms with Gasteiger partial charge in [0, 0.05) is 0 Å². The van der Waals surface area contributed by atoms with E-state index in [0.717, 1.165) is 11.1 Å². The summed E-state index contributed by atoms with van der Waals surface area (Å²) in [6, 6.07) is 3.24. The van der Waals surface area contributed by atoms with Gasteiger partial charge in [-0.05, 0) is 26.3 Å². The molecule has 0 aromatic heterocycles. The van der Waals surface area contributed by atoms with Gasteiger partial charge in [-0.15, -0.1) is 12.4 Å². The number of rotatable bonds is 4. The van der Waals surface area contributed by atoms with E-state index in [-0.39, 0.29) is 24.6 Å². The molecule has 1 aromatic carbocycles. The fourth-order valence-corrected chi connectivity index (χ4v) is 1.75. The van der Waals surface area contributed by atoms with Crippen molar-refractivity contribution in [2.24, 2.45) is 5.73 Å². The summed E-state index contributed by atoms with van der Waals surface area (Å²) in [4.78, 5) is 11.2. The summed E-state index contributed by atoms with van der Waals surface area (Å²) < 4.78 is 31.8. The molecule has 3 nitrogen and oxygen atoms in total. The summed E-state index contributed by atoms with van der Waals surface area (Å²) in [7, 11) is 0. The number of nitrogens with two attached hydrogens (primary N) is 1. The molecule has 0 saturated carbocycles. The highest BCUT2D eigenvalue weighted by Gasteiger charge is 2.47. The summed E-state index contributed by atoms with van der Waals surface area (Å²) in [6.45, 7) is 4.93. The zero-order valence-corrected chi connectivity index (χ0v) is 11.9. The van der Waals surface area contributed by atoms with Gasteiger partial charge in [0.2, 0.25) is 0 Å². The Bertz CT molecular complexity index is 432. The van der Waals surface area contributed by atoms with Crippen molar-refractivity contribution in [1.82, 2.24) is 0 Å². The number of carbonyl (C=O) groups excluding carboxylic acids is 1. The second-order valence-electron chi connectivity index (χ2n) is 4.24. The van der Waals surface area contributed by atoms with Crippen LogP contribution in [0.5, 0.6) is 0 Å². The average Bonchev–Trinajstić information content (AvgIpc) is 2.26. The molecular formula is C13H18ClF2NO2. The van der Waals surface area contributed by atoms with Gasteiger partial charge < -0.3 is 10.5 Å². The Morgan fingerprint density at radius 3 is 2.21 bits per heavy atom. The first-order valence-corrected chi connectivity index (χ1v) is 5.67. The summed E-state index contributed by atoms with van der Waals surface area (Å²) in [6.07, 6.45) is 0. The first-order chi connectivity index (χ1) is 8.28. The van der Waals surface area contributed by atoms with Gasteiger partial charge in [0.1, 0.15) is 6.04 Å². The van der Waals surface area contributed by atoms with Gasteiger partial charge in [-0.2, -0.15) is 8.78 Å². The molecule has 0 fully saturated rings. The molecule has 0 aliphatic carbocycles. The molecule has 0 aliphatic heterocycles. The molecule has 0 radical (unpaired) electrons. The van der Waals surface area contributed by atoms with E-state index in [1.54, 1.807) is 26.0 Å². The van der Waals surface area contributed by atoms with Crippen LogP contribution in [0, 0.1) is 13.8 Å². The van der Waals surface area contributed by atoms with E-state index >= 15 is 0 Å². The van der Waals surface area contributed by atoms with Crippen LogP contribution in [0.15, 0.2) is 18.2 Å². The van der Waals surface area contributed by atoms with Crippen molar-refractivity contribution in [3.05, 3.63) is 34.9 Å². The van der Waals surface area contributed by atoms with Crippen LogP contribution in [-0.4, -0.2) is 18.5 Å². The number of hydrogen-bond acceptors (Lipinski definition) is 3. The Hall–Kier alpha value is -1.20. The van der Waals surface area contributed by atoms with E-state index in [4.69, 9.17) is 5.73 Å². The van der Waals surface area contributed by atoms with Gasteiger partial charge in [0.15, 0.2) is 0 Å². The van der Waals surface area contributed by atoms with E-state index in [2.05, 4.69) is 4.74 Å². The molecule has 1 atom stereocenters. The van der Waals surface area contributed by atoms with Crippen LogP contribution in [0.25, 0.3) is 0 Å². The van der Waals surface area contributed by atoms with Gasteiger partial charge >= 0.3 is 11.9 Å². The van der Waals surface area contributed by atoms with Crippen molar-refractivity contribution in [1.29, 1.82) is 0 Å². The molecule has 6 heteroatoms. The monoisotopic (exact) mass is 293 g/mol. The summed E-state index contributed by atoms with van der Waals surface area (Å²) >= 11 is 0. The maximum absolute atomic E-state index is 13.7. The normalized spacial score (nSPS) is 12.5. The molecule has 0 spiro atoms. The Morgan fingerprint density at radius 2 is 1.79 bits per heavy atom. The number of benzene rings is 1. The van der Waals surface area contributed by atoms with Crippen molar-refractivity contribution < 1.29 is 18.3 Å². The lowest BCUT2D eigenvalue weighted by atomic mass is 9.97. The van der Waals surface area contributed by atoms with Gasteiger partial charge in [-0.1, -0.05) is 29.3 Å². The van der Waals surface area contributed by atoms with Crippen LogP contribution in [0.2, 0.25) is 0 Å². The number of carbonyl (C=O) groups is 1. The fourth-order valence-electron chi connectivity index (χ4n) is 1.75. The third-order valence-corrected chi connectivity index (χ3v) is 2.54. The quantitative estimate of drug-likeness (QED) is 0.869. The van der Waals surface area contributed by atoms with Crippen LogP contribution in [0.1, 0.15) is 29.7 Å². The zero-order valence-electron chi connectivity index (χ0n) is 11.1. The molecule has 0 heterocycles. The molecule has 0 amide bonds. The maximum Gasteiger partial charge on any atom is 0.379 e. The van der Waals surface area contributed by atoms with Crippen molar-refractivity contribution in [3.63, 3.8) is 0 Å². The Kier molecular flexibility index (Phi) is 6.39. The first kappa shape index (κ1) is 17.8. The number of halogens is 3. The molecule has 1 aromatic rings. The standard InChI is InChI=1S/C13H17F2NO2.ClH/c1-4-18-12(17)13(14,15)11(16)10-6-8(2)5-9(3)7-10;/h5-7,11H,4,16H2,1-3H3;1H/t11-;/m0./s1. The van der Waals surface area contributed by atoms with Gasteiger partial charge in [-0.3, -0.25) is 0 Å². The molecule has 1 rings (SSSR count). The average molecular weight is 294 g/mol. The lowest BCUT2D eigenvalue weighted by molar-refractivity contribution is -0.174. The number of alkyl halides is 2. The van der Waals surface area contributed by atoms with Crippen molar-refractivity contribution >= 4 is 18.4 Å². The number of hydrogen-bond donors (Lipinski definition) is 1. The third-order valence-electron chi connectivity index (χ3n) is 2.54. The minimum atomic E-state index is -3.73. The molecule has 0 aliphatic rings. The third kappa shape index (κ3) is 4.14. The van der Waals surface area contributed by atoms with Crippen LogP contribution >= 0.6 is 12.4 Å². The molecule has 19 heavy (non-hydrogen) atoms. The Labute approximate surface area is 117 Å². The van der Waals surface area contributed by atoms with E-state index < -0.39 is 17.9 Å². The van der Waals surface area contributed by atoms with Crippen molar-refractivity contribution in [2.75, 3.05) is 6.61 Å². The lowest BCUT2D eigenvalue weighted by Gasteiger charge is -2.22. The molecule has 0 bridgehead atoms. The van der Waals surface area contributed by atoms with E-state index in [0.29, 0.717) is 0 Å². The fraction of sp³-hybridized carbons (Fsp3) is 0.462. The summed E-state index contributed by atoms with van der Waals surface area (Å²) in [5, 5.41) is 0. The molecular weight excluding hydrogens is 276 g/mol. The minimum Gasteiger partial charge on any atom is -0.462 e. The SMILES string of the molecule is CCOC(=O)C(F)(F)[C@@H](N)c1cc(C)cc(C)c1.Cl. The molecule has 0 saturated heterocycles. The van der Waals surface area contributed by atoms with Crippen LogP contribution < -0.4 is 5.73 Å². The highest BCUT2D eigenvalue weighted by atomic mass is 35.5. The van der Waals surface area contributed by atoms with E-state index in [9.17, 15) is 13.6 Å². The Balaban J connectivity index is 0.00000324. The largest absolute Gasteiger partial charge is 0.462 e. The molecule has 108 valence electrons.